The van der Waals surface area contributed by atoms with Crippen LogP contribution in [0, 0.1) is 35.6 Å². The summed E-state index contributed by atoms with van der Waals surface area (Å²) in [6.07, 6.45) is 8.57. The Morgan fingerprint density at radius 1 is 0.829 bits per heavy atom. The number of ether oxygens (including phenoxy) is 2. The van der Waals surface area contributed by atoms with Gasteiger partial charge >= 0.3 is 5.97 Å². The second-order valence-electron chi connectivity index (χ2n) is 8.10. The zero-order chi connectivity index (χ0) is 25.0. The Bertz CT molecular complexity index is 1170. The highest BCUT2D eigenvalue weighted by atomic mass is 32.2. The van der Waals surface area contributed by atoms with Crippen molar-refractivity contribution in [2.24, 2.45) is 0 Å². The summed E-state index contributed by atoms with van der Waals surface area (Å²) in [5.74, 6) is -0.899. The molecule has 0 amide bonds. The third-order valence-corrected chi connectivity index (χ3v) is 7.70. The zero-order valence-corrected chi connectivity index (χ0v) is 19.3. The number of benzene rings is 3. The topological polar surface area (TPSA) is 35.5 Å². The molecule has 0 radical (unpaired) electrons. The fourth-order valence-electron chi connectivity index (χ4n) is 3.98. The van der Waals surface area contributed by atoms with Gasteiger partial charge in [0.15, 0.2) is 26.9 Å². The minimum atomic E-state index is -1.22. The number of hydrogen-bond donors (Lipinski definition) is 0. The van der Waals surface area contributed by atoms with Gasteiger partial charge in [-0.05, 0) is 49.9 Å². The molecule has 0 N–H and O–H groups in total. The summed E-state index contributed by atoms with van der Waals surface area (Å²) in [5, 5.41) is 0. The van der Waals surface area contributed by atoms with E-state index < -0.39 is 45.7 Å². The molecular formula is C27H21F4O3S+. The monoisotopic (exact) mass is 501 g/mol. The lowest BCUT2D eigenvalue weighted by atomic mass is 10.0. The molecule has 0 atom stereocenters. The highest BCUT2D eigenvalue weighted by Crippen LogP contribution is 2.34. The van der Waals surface area contributed by atoms with Crippen LogP contribution in [0.5, 0.6) is 5.75 Å². The zero-order valence-electron chi connectivity index (χ0n) is 18.5. The molecule has 1 aliphatic rings. The van der Waals surface area contributed by atoms with Crippen molar-refractivity contribution in [3.8, 4) is 18.1 Å². The fraction of sp³-hybridized carbons (Fsp3) is 0.222. The molecule has 1 saturated carbocycles. The van der Waals surface area contributed by atoms with Crippen LogP contribution in [0.2, 0.25) is 0 Å². The van der Waals surface area contributed by atoms with E-state index in [0.29, 0.717) is 23.5 Å². The van der Waals surface area contributed by atoms with Gasteiger partial charge in [0.2, 0.25) is 0 Å². The summed E-state index contributed by atoms with van der Waals surface area (Å²) in [6, 6.07) is 12.3. The highest BCUT2D eigenvalue weighted by molar-refractivity contribution is 7.97. The van der Waals surface area contributed by atoms with Gasteiger partial charge in [0, 0.05) is 36.4 Å². The van der Waals surface area contributed by atoms with Gasteiger partial charge in [0.25, 0.3) is 0 Å². The van der Waals surface area contributed by atoms with Gasteiger partial charge in [-0.2, -0.15) is 0 Å². The van der Waals surface area contributed by atoms with Crippen LogP contribution in [-0.4, -0.2) is 18.2 Å². The third kappa shape index (κ3) is 5.98. The number of esters is 1. The summed E-state index contributed by atoms with van der Waals surface area (Å²) in [5.41, 5.74) is -0.876. The van der Waals surface area contributed by atoms with E-state index in [1.165, 1.54) is 0 Å². The second-order valence-corrected chi connectivity index (χ2v) is 10.1. The Morgan fingerprint density at radius 2 is 1.31 bits per heavy atom. The maximum absolute atomic E-state index is 14.0. The number of carbonyl (C=O) groups is 1. The van der Waals surface area contributed by atoms with Gasteiger partial charge in [-0.25, -0.2) is 22.4 Å². The Hall–Kier alpha value is -3.44. The molecule has 3 aromatic carbocycles. The van der Waals surface area contributed by atoms with Gasteiger partial charge in [-0.1, -0.05) is 5.92 Å². The van der Waals surface area contributed by atoms with Crippen molar-refractivity contribution >= 4 is 16.9 Å². The normalized spacial score (nSPS) is 14.5. The lowest BCUT2D eigenvalue weighted by Gasteiger charge is -2.22. The van der Waals surface area contributed by atoms with E-state index in [9.17, 15) is 22.4 Å². The third-order valence-electron chi connectivity index (χ3n) is 5.54. The molecule has 0 aliphatic heterocycles. The molecule has 0 heterocycles. The lowest BCUT2D eigenvalue weighted by molar-refractivity contribution is -0.156. The largest absolute Gasteiger partial charge is 0.482 e. The molecule has 8 heteroatoms. The maximum atomic E-state index is 14.0. The fourth-order valence-corrected chi connectivity index (χ4v) is 6.13. The number of terminal acetylenes is 1. The molecule has 0 aromatic heterocycles. The van der Waals surface area contributed by atoms with E-state index in [4.69, 9.17) is 15.9 Å². The number of halogens is 4. The summed E-state index contributed by atoms with van der Waals surface area (Å²) in [4.78, 5) is 13.2. The summed E-state index contributed by atoms with van der Waals surface area (Å²) < 4.78 is 66.8. The number of rotatable bonds is 7. The van der Waals surface area contributed by atoms with Crippen LogP contribution in [0.4, 0.5) is 17.6 Å². The molecule has 180 valence electrons. The highest BCUT2D eigenvalue weighted by Gasteiger charge is 2.36. The van der Waals surface area contributed by atoms with Gasteiger partial charge < -0.3 is 9.47 Å². The Balaban J connectivity index is 1.55. The molecule has 0 spiro atoms. The minimum absolute atomic E-state index is 0.209. The number of carbonyl (C=O) groups excluding carboxylic acids is 1. The molecule has 0 bridgehead atoms. The molecule has 3 aromatic rings. The minimum Gasteiger partial charge on any atom is -0.482 e. The van der Waals surface area contributed by atoms with Crippen molar-refractivity contribution < 1.29 is 31.8 Å². The van der Waals surface area contributed by atoms with Crippen LogP contribution < -0.4 is 4.74 Å². The predicted octanol–water partition coefficient (Wildman–Crippen LogP) is 6.21. The number of hydrogen-bond acceptors (Lipinski definition) is 3. The quantitative estimate of drug-likeness (QED) is 0.167. The van der Waals surface area contributed by atoms with Crippen molar-refractivity contribution in [1.29, 1.82) is 0 Å². The predicted molar refractivity (Wildman–Crippen MR) is 123 cm³/mol. The van der Waals surface area contributed by atoms with E-state index in [0.717, 1.165) is 49.2 Å². The van der Waals surface area contributed by atoms with Crippen LogP contribution in [-0.2, 0) is 20.4 Å². The molecule has 4 rings (SSSR count). The first-order chi connectivity index (χ1) is 16.8. The average Bonchev–Trinajstić information content (AvgIpc) is 3.26. The van der Waals surface area contributed by atoms with Crippen molar-refractivity contribution in [3.63, 3.8) is 0 Å². The van der Waals surface area contributed by atoms with E-state index in [1.54, 1.807) is 24.3 Å². The van der Waals surface area contributed by atoms with Crippen molar-refractivity contribution in [2.45, 2.75) is 46.0 Å². The summed E-state index contributed by atoms with van der Waals surface area (Å²) in [7, 11) is -1.22. The van der Waals surface area contributed by atoms with E-state index in [1.807, 2.05) is 0 Å². The van der Waals surface area contributed by atoms with Crippen LogP contribution in [0.15, 0.2) is 75.4 Å². The van der Waals surface area contributed by atoms with Crippen molar-refractivity contribution in [3.05, 3.63) is 83.9 Å². The van der Waals surface area contributed by atoms with Crippen LogP contribution in [0.1, 0.15) is 25.7 Å². The molecule has 3 nitrogen and oxygen atoms in total. The lowest BCUT2D eigenvalue weighted by Crippen LogP contribution is -2.32. The van der Waals surface area contributed by atoms with Gasteiger partial charge in [-0.3, -0.25) is 0 Å². The maximum Gasteiger partial charge on any atom is 0.345 e. The SMILES string of the molecule is C#CC1(OC(=O)COc2ccc([S+](c3cc(F)cc(F)c3)c3cc(F)cc(F)c3)cc2)CCCC1. The average molecular weight is 502 g/mol. The molecular weight excluding hydrogens is 480 g/mol. The van der Waals surface area contributed by atoms with Gasteiger partial charge in [0.1, 0.15) is 29.0 Å². The van der Waals surface area contributed by atoms with Crippen LogP contribution >= 0.6 is 0 Å². The molecule has 1 fully saturated rings. The second kappa shape index (κ2) is 10.4. The molecule has 35 heavy (non-hydrogen) atoms. The van der Waals surface area contributed by atoms with E-state index in [-0.39, 0.29) is 16.4 Å². The molecule has 0 unspecified atom stereocenters. The van der Waals surface area contributed by atoms with Crippen molar-refractivity contribution in [2.75, 3.05) is 6.61 Å². The summed E-state index contributed by atoms with van der Waals surface area (Å²) >= 11 is 0. The standard InChI is InChI=1S/C27H21F4O3S/c1-2-27(9-3-4-10-27)34-26(32)17-33-22-5-7-23(8-6-22)35(24-13-18(28)11-19(29)14-24)25-15-20(30)12-21(31)16-25/h1,5-8,11-16H,3-4,9-10,17H2/q+1. The first-order valence-corrected chi connectivity index (χ1v) is 12.1. The van der Waals surface area contributed by atoms with Crippen molar-refractivity contribution in [1.82, 2.24) is 0 Å². The first-order valence-electron chi connectivity index (χ1n) is 10.9. The molecule has 1 aliphatic carbocycles. The smallest absolute Gasteiger partial charge is 0.345 e. The Morgan fingerprint density at radius 3 is 1.77 bits per heavy atom. The summed E-state index contributed by atoms with van der Waals surface area (Å²) in [6.45, 7) is -0.349. The van der Waals surface area contributed by atoms with E-state index in [2.05, 4.69) is 5.92 Å². The van der Waals surface area contributed by atoms with Gasteiger partial charge in [-0.15, -0.1) is 6.42 Å². The van der Waals surface area contributed by atoms with Crippen LogP contribution in [0.3, 0.4) is 0 Å². The first kappa shape index (κ1) is 24.7. The Labute approximate surface area is 203 Å². The Kier molecular flexibility index (Phi) is 7.37. The van der Waals surface area contributed by atoms with E-state index >= 15 is 0 Å². The van der Waals surface area contributed by atoms with Crippen LogP contribution in [0.25, 0.3) is 0 Å². The molecule has 0 saturated heterocycles. The van der Waals surface area contributed by atoms with Gasteiger partial charge in [0.05, 0.1) is 10.9 Å².